The fraction of sp³-hybridized carbons (Fsp3) is 0.333. The predicted molar refractivity (Wildman–Crippen MR) is 294 cm³/mol. The fourth-order valence-electron chi connectivity index (χ4n) is 9.02. The third-order valence-corrected chi connectivity index (χ3v) is 18.5. The van der Waals surface area contributed by atoms with Crippen LogP contribution in [-0.4, -0.2) is 71.1 Å². The molecule has 2 heterocycles. The van der Waals surface area contributed by atoms with Crippen molar-refractivity contribution in [3.63, 3.8) is 0 Å². The number of aromatic hydroxyl groups is 1. The summed E-state index contributed by atoms with van der Waals surface area (Å²) in [4.78, 5) is 52.6. The number of anilines is 1. The SMILES string of the molecule is COc1cc2c(cc1CNC[C@H](O[Si](C)(C)C(C)(C)C)c1ccc(O)c3[nH]c(=O)ccc13)oc(=O)n2CCC=Cc1ccc(-c2ccccc2)c(N(C(=O)O)[C@H]2CC[C@H](N)CC2)c1.O=C(O)NCc1ccccc1. The molecule has 7 aromatic rings. The van der Waals surface area contributed by atoms with Gasteiger partial charge in [-0.3, -0.25) is 14.3 Å². The molecular formula is C57H68N6O10Si. The number of pyridine rings is 1. The number of rotatable bonds is 17. The number of carbonyl (C=O) groups is 2. The van der Waals surface area contributed by atoms with Crippen LogP contribution in [0.2, 0.25) is 18.1 Å². The van der Waals surface area contributed by atoms with E-state index in [1.807, 2.05) is 109 Å². The zero-order chi connectivity index (χ0) is 53.2. The Labute approximate surface area is 431 Å². The molecular weight excluding hydrogens is 957 g/mol. The third kappa shape index (κ3) is 13.4. The number of nitrogens with one attached hydrogen (secondary N) is 3. The number of oxazole rings is 1. The Morgan fingerprint density at radius 2 is 1.62 bits per heavy atom. The van der Waals surface area contributed by atoms with Gasteiger partial charge in [-0.25, -0.2) is 14.4 Å². The summed E-state index contributed by atoms with van der Waals surface area (Å²) in [6.45, 7) is 12.4. The van der Waals surface area contributed by atoms with Crippen LogP contribution in [-0.2, 0) is 24.1 Å². The number of allylic oxidation sites excluding steroid dienone is 1. The van der Waals surface area contributed by atoms with E-state index in [1.165, 1.54) is 11.0 Å². The summed E-state index contributed by atoms with van der Waals surface area (Å²) in [5.41, 5.74) is 13.1. The number of amides is 2. The molecule has 2 amide bonds. The summed E-state index contributed by atoms with van der Waals surface area (Å²) in [6, 6.07) is 35.2. The first kappa shape index (κ1) is 54.3. The second-order valence-corrected chi connectivity index (χ2v) is 24.9. The summed E-state index contributed by atoms with van der Waals surface area (Å²) in [5.74, 6) is 0.0917. The summed E-state index contributed by atoms with van der Waals surface area (Å²) in [6.07, 6.45) is 5.00. The lowest BCUT2D eigenvalue weighted by Gasteiger charge is -2.39. The van der Waals surface area contributed by atoms with Crippen molar-refractivity contribution in [2.24, 2.45) is 5.73 Å². The maximum Gasteiger partial charge on any atom is 0.419 e. The van der Waals surface area contributed by atoms with E-state index in [4.69, 9.17) is 24.4 Å². The third-order valence-electron chi connectivity index (χ3n) is 14.0. The molecule has 1 aliphatic carbocycles. The Kier molecular flexibility index (Phi) is 17.7. The smallest absolute Gasteiger partial charge is 0.419 e. The van der Waals surface area contributed by atoms with Gasteiger partial charge in [0.1, 0.15) is 11.5 Å². The molecule has 5 aromatic carbocycles. The van der Waals surface area contributed by atoms with Crippen LogP contribution in [0.1, 0.15) is 81.2 Å². The van der Waals surface area contributed by atoms with E-state index in [0.29, 0.717) is 78.9 Å². The van der Waals surface area contributed by atoms with Gasteiger partial charge in [0.05, 0.1) is 29.9 Å². The van der Waals surface area contributed by atoms with Gasteiger partial charge in [-0.15, -0.1) is 0 Å². The number of nitrogens with zero attached hydrogens (tertiary/aromatic N) is 2. The van der Waals surface area contributed by atoms with Crippen molar-refractivity contribution in [3.8, 4) is 22.6 Å². The monoisotopic (exact) mass is 1020 g/mol. The van der Waals surface area contributed by atoms with Gasteiger partial charge in [0, 0.05) is 66.9 Å². The molecule has 0 bridgehead atoms. The quantitative estimate of drug-likeness (QED) is 0.0422. The van der Waals surface area contributed by atoms with E-state index < -0.39 is 32.4 Å². The molecule has 0 saturated heterocycles. The van der Waals surface area contributed by atoms with Crippen LogP contribution >= 0.6 is 0 Å². The number of phenolic OH excluding ortho intramolecular Hbond substituents is 1. The highest BCUT2D eigenvalue weighted by molar-refractivity contribution is 6.74. The number of nitrogens with two attached hydrogens (primary N) is 1. The number of ether oxygens (including phenoxy) is 1. The van der Waals surface area contributed by atoms with Crippen molar-refractivity contribution in [2.45, 2.75) is 109 Å². The van der Waals surface area contributed by atoms with E-state index in [1.54, 1.807) is 23.8 Å². The minimum absolute atomic E-state index is 0.0129. The first-order chi connectivity index (χ1) is 35.3. The average molecular weight is 1030 g/mol. The molecule has 1 fully saturated rings. The molecule has 390 valence electrons. The molecule has 1 saturated carbocycles. The molecule has 16 nitrogen and oxygen atoms in total. The van der Waals surface area contributed by atoms with Crippen molar-refractivity contribution >= 4 is 54.3 Å². The van der Waals surface area contributed by atoms with Crippen molar-refractivity contribution in [3.05, 3.63) is 164 Å². The average Bonchev–Trinajstić information content (AvgIpc) is 3.68. The van der Waals surface area contributed by atoms with Gasteiger partial charge < -0.3 is 50.3 Å². The number of fused-ring (bicyclic) bond motifs is 2. The molecule has 74 heavy (non-hydrogen) atoms. The van der Waals surface area contributed by atoms with Gasteiger partial charge in [0.25, 0.3) is 0 Å². The maximum absolute atomic E-state index is 13.3. The molecule has 0 radical (unpaired) electrons. The summed E-state index contributed by atoms with van der Waals surface area (Å²) >= 11 is 0. The Bertz CT molecular complexity index is 3190. The molecule has 2 aromatic heterocycles. The lowest BCUT2D eigenvalue weighted by atomic mass is 9.89. The maximum atomic E-state index is 13.3. The number of phenols is 1. The van der Waals surface area contributed by atoms with Gasteiger partial charge in [0.2, 0.25) is 5.56 Å². The summed E-state index contributed by atoms with van der Waals surface area (Å²) in [5, 5.41) is 35.8. The minimum Gasteiger partial charge on any atom is -0.506 e. The largest absolute Gasteiger partial charge is 0.506 e. The number of benzene rings is 5. The van der Waals surface area contributed by atoms with Crippen LogP contribution in [0.4, 0.5) is 15.3 Å². The number of aromatic amines is 1. The number of methoxy groups -OCH3 is 1. The topological polar surface area (TPSA) is 235 Å². The van der Waals surface area contributed by atoms with Gasteiger partial charge >= 0.3 is 17.9 Å². The first-order valence-corrected chi connectivity index (χ1v) is 27.8. The lowest BCUT2D eigenvalue weighted by molar-refractivity contribution is 0.181. The lowest BCUT2D eigenvalue weighted by Crippen LogP contribution is -2.44. The highest BCUT2D eigenvalue weighted by Crippen LogP contribution is 2.42. The zero-order valence-corrected chi connectivity index (χ0v) is 43.9. The van der Waals surface area contributed by atoms with Crippen LogP contribution in [0.15, 0.2) is 135 Å². The second kappa shape index (κ2) is 24.1. The number of aryl methyl sites for hydroxylation is 1. The normalized spacial score (nSPS) is 15.4. The van der Waals surface area contributed by atoms with Crippen LogP contribution in [0.3, 0.4) is 0 Å². The molecule has 17 heteroatoms. The Morgan fingerprint density at radius 3 is 2.28 bits per heavy atom. The molecule has 8 N–H and O–H groups in total. The Hall–Kier alpha value is -7.44. The van der Waals surface area contributed by atoms with E-state index in [2.05, 4.69) is 49.5 Å². The summed E-state index contributed by atoms with van der Waals surface area (Å²) in [7, 11) is -0.710. The number of hydrogen-bond donors (Lipinski definition) is 7. The van der Waals surface area contributed by atoms with E-state index >= 15 is 0 Å². The molecule has 0 unspecified atom stereocenters. The number of aromatic nitrogens is 2. The van der Waals surface area contributed by atoms with Gasteiger partial charge in [0.15, 0.2) is 13.9 Å². The predicted octanol–water partition coefficient (Wildman–Crippen LogP) is 11.0. The first-order valence-electron chi connectivity index (χ1n) is 24.9. The zero-order valence-electron chi connectivity index (χ0n) is 42.9. The highest BCUT2D eigenvalue weighted by atomic mass is 28.4. The van der Waals surface area contributed by atoms with E-state index in [9.17, 15) is 29.4 Å². The van der Waals surface area contributed by atoms with Crippen molar-refractivity contribution < 1.29 is 38.5 Å². The second-order valence-electron chi connectivity index (χ2n) is 20.1. The number of hydrogen-bond acceptors (Lipinski definition) is 10. The fourth-order valence-corrected chi connectivity index (χ4v) is 10.3. The Balaban J connectivity index is 0.000000645. The number of carboxylic acid groups (broad SMARTS) is 2. The highest BCUT2D eigenvalue weighted by Gasteiger charge is 2.40. The molecule has 0 spiro atoms. The molecule has 1 aliphatic rings. The molecule has 8 rings (SSSR count). The van der Waals surface area contributed by atoms with Crippen LogP contribution in [0.5, 0.6) is 11.5 Å². The molecule has 0 aliphatic heterocycles. The van der Waals surface area contributed by atoms with Crippen LogP contribution in [0, 0.1) is 0 Å². The standard InChI is InChI=1S/C49H59N5O8Si.C8H9NO2/c1-49(2,3)63(5,6)62-44(37-21-23-41(55)46-38(37)22-24-45(56)52-46)30-51-29-33-27-43-40(28-42(33)60-4)53(48(59)61-43)25-11-10-12-31-15-20-36(32-13-8-7-9-14-32)39(26-31)54(47(57)58)35-18-16-34(50)17-19-35;10-8(11)9-6-7-4-2-1-3-5-7/h7-10,12-15,20-24,26-28,34-35,44,51,55H,11,16-19,25,29-30,50H2,1-6H3,(H,52,56)(H,57,58);1-5,9H,6H2,(H,10,11)/t34-,35-,44-;/m0./s1. The van der Waals surface area contributed by atoms with E-state index in [0.717, 1.165) is 46.2 Å². The Morgan fingerprint density at radius 1 is 0.919 bits per heavy atom. The van der Waals surface area contributed by atoms with Crippen LogP contribution in [0.25, 0.3) is 39.2 Å². The molecule has 1 atom stereocenters. The van der Waals surface area contributed by atoms with Crippen molar-refractivity contribution in [1.82, 2.24) is 20.2 Å². The van der Waals surface area contributed by atoms with Gasteiger partial charge in [-0.1, -0.05) is 112 Å². The van der Waals surface area contributed by atoms with E-state index in [-0.39, 0.29) is 28.4 Å². The van der Waals surface area contributed by atoms with Crippen LogP contribution < -0.4 is 37.3 Å². The van der Waals surface area contributed by atoms with Gasteiger partial charge in [-0.05, 0) is 96.8 Å². The number of H-pyrrole nitrogens is 1. The van der Waals surface area contributed by atoms with Crippen molar-refractivity contribution in [2.75, 3.05) is 18.6 Å². The van der Waals surface area contributed by atoms with Crippen molar-refractivity contribution in [1.29, 1.82) is 0 Å². The summed E-state index contributed by atoms with van der Waals surface area (Å²) < 4.78 is 20.2. The minimum atomic E-state index is -2.30. The van der Waals surface area contributed by atoms with Gasteiger partial charge in [-0.2, -0.15) is 0 Å².